The van der Waals surface area contributed by atoms with Crippen LogP contribution in [0.15, 0.2) is 49.1 Å². The van der Waals surface area contributed by atoms with Crippen molar-refractivity contribution in [1.82, 2.24) is 0 Å². The summed E-state index contributed by atoms with van der Waals surface area (Å²) >= 11 is 0. The summed E-state index contributed by atoms with van der Waals surface area (Å²) < 4.78 is 50.4. The van der Waals surface area contributed by atoms with Crippen molar-refractivity contribution in [3.05, 3.63) is 82.4 Å². The van der Waals surface area contributed by atoms with Crippen molar-refractivity contribution in [1.29, 1.82) is 0 Å². The first-order chi connectivity index (χ1) is 25.1. The zero-order valence-electron chi connectivity index (χ0n) is 28.4. The highest BCUT2D eigenvalue weighted by molar-refractivity contribution is 6.01. The van der Waals surface area contributed by atoms with E-state index in [1.54, 1.807) is 0 Å². The molecule has 4 unspecified atom stereocenters. The molecule has 53 heavy (non-hydrogen) atoms. The van der Waals surface area contributed by atoms with Gasteiger partial charge in [-0.1, -0.05) is 27.0 Å². The lowest BCUT2D eigenvalue weighted by atomic mass is 10.1. The highest BCUT2D eigenvalue weighted by Gasteiger charge is 2.29. The summed E-state index contributed by atoms with van der Waals surface area (Å²) in [6.45, 7) is 8.25. The Morgan fingerprint density at radius 2 is 0.811 bits per heavy atom. The van der Waals surface area contributed by atoms with Crippen LogP contribution in [0.3, 0.4) is 0 Å². The van der Waals surface area contributed by atoms with E-state index in [4.69, 9.17) is 47.4 Å². The van der Waals surface area contributed by atoms with E-state index in [0.29, 0.717) is 32.8 Å². The molecule has 0 bridgehead atoms. The molecule has 2 aromatic carbocycles. The molecule has 4 atom stereocenters. The molecule has 16 heteroatoms. The fraction of sp³-hybridized carbons (Fsp3) is 0.459. The molecule has 0 saturated carbocycles. The van der Waals surface area contributed by atoms with Gasteiger partial charge in [0.2, 0.25) is 0 Å². The fourth-order valence-corrected chi connectivity index (χ4v) is 4.12. The molecule has 6 rings (SSSR count). The van der Waals surface area contributed by atoms with Gasteiger partial charge in [-0.05, 0) is 42.8 Å². The van der Waals surface area contributed by atoms with Crippen LogP contribution in [0.5, 0.6) is 0 Å². The highest BCUT2D eigenvalue weighted by atomic mass is 16.6. The van der Waals surface area contributed by atoms with Crippen molar-refractivity contribution in [3.63, 3.8) is 0 Å². The second-order valence-corrected chi connectivity index (χ2v) is 11.8. The van der Waals surface area contributed by atoms with Crippen LogP contribution in [-0.4, -0.2) is 126 Å². The van der Waals surface area contributed by atoms with E-state index in [2.05, 4.69) is 6.58 Å². The van der Waals surface area contributed by atoms with Gasteiger partial charge in [-0.15, -0.1) is 0 Å². The largest absolute Gasteiger partial charge is 0.462 e. The Balaban J connectivity index is 0.000000360. The SMILES string of the molecule is C.C=CCOC(=O)c1cc(C(=O)OCC2CO2)cc(C(=O)OCC2CO2)c1.CCCOC(=O)c1cc(C(=O)OCC2CO2)cc(C(=O)OCC2CO2)c1.[2HH].[HH]. The first-order valence-electron chi connectivity index (χ1n) is 16.5. The van der Waals surface area contributed by atoms with Crippen LogP contribution in [0.25, 0.3) is 0 Å². The maximum atomic E-state index is 12.2. The lowest BCUT2D eigenvalue weighted by Crippen LogP contribution is -2.16. The first kappa shape index (κ1) is 40.6. The van der Waals surface area contributed by atoms with E-state index in [0.717, 1.165) is 0 Å². The molecule has 290 valence electrons. The minimum atomic E-state index is -0.690. The van der Waals surface area contributed by atoms with Gasteiger partial charge < -0.3 is 47.4 Å². The monoisotopic (exact) mass is 747 g/mol. The van der Waals surface area contributed by atoms with Crippen LogP contribution in [0.1, 0.15) is 85.8 Å². The maximum absolute atomic E-state index is 12.2. The van der Waals surface area contributed by atoms with Gasteiger partial charge in [0.1, 0.15) is 57.5 Å². The fourth-order valence-electron chi connectivity index (χ4n) is 4.12. The molecular weight excluding hydrogens is 700 g/mol. The van der Waals surface area contributed by atoms with Gasteiger partial charge in [0, 0.05) is 2.85 Å². The zero-order chi connectivity index (χ0) is 37.0. The van der Waals surface area contributed by atoms with Gasteiger partial charge in [0.15, 0.2) is 0 Å². The normalized spacial score (nSPS) is 19.7. The standard InChI is InChI=1S/C18H20O8.C18H18O8.CH4.2H2/c2*1-2-3-22-16(19)11-4-12(17(20)25-9-14-7-23-14)6-13(5-11)18(21)26-10-15-8-24-15;;;/h4-6,14-15H,2-3,7-10H2,1H3;2,4-6,14-15H,1,3,7-10H2;1H4;2*1H/i;;;1+1;. The second-order valence-electron chi connectivity index (χ2n) is 11.8. The number of rotatable bonds is 18. The molecule has 0 spiro atoms. The van der Waals surface area contributed by atoms with Crippen LogP contribution in [-0.2, 0) is 47.4 Å². The van der Waals surface area contributed by atoms with Crippen molar-refractivity contribution >= 4 is 35.8 Å². The Hall–Kier alpha value is -5.16. The summed E-state index contributed by atoms with van der Waals surface area (Å²) in [6, 6.07) is 7.95. The Morgan fingerprint density at radius 1 is 0.566 bits per heavy atom. The number of benzene rings is 2. The number of epoxide rings is 4. The molecule has 0 aliphatic carbocycles. The molecule has 0 aromatic heterocycles. The van der Waals surface area contributed by atoms with E-state index in [1.807, 2.05) is 6.92 Å². The van der Waals surface area contributed by atoms with Gasteiger partial charge in [-0.3, -0.25) is 0 Å². The van der Waals surface area contributed by atoms with Gasteiger partial charge in [-0.2, -0.15) is 0 Å². The number of esters is 6. The molecule has 4 heterocycles. The Kier molecular flexibility index (Phi) is 15.0. The average molecular weight is 748 g/mol. The zero-order valence-corrected chi connectivity index (χ0v) is 28.4. The summed E-state index contributed by atoms with van der Waals surface area (Å²) in [7, 11) is 0. The van der Waals surface area contributed by atoms with Gasteiger partial charge >= 0.3 is 35.8 Å². The van der Waals surface area contributed by atoms with E-state index in [1.165, 1.54) is 42.5 Å². The van der Waals surface area contributed by atoms with Crippen LogP contribution >= 0.6 is 0 Å². The van der Waals surface area contributed by atoms with Crippen LogP contribution in [0.4, 0.5) is 0 Å². The quantitative estimate of drug-likeness (QED) is 0.0923. The lowest BCUT2D eigenvalue weighted by molar-refractivity contribution is 0.0454. The second kappa shape index (κ2) is 19.6. The molecule has 2 aromatic rings. The van der Waals surface area contributed by atoms with E-state index in [9.17, 15) is 28.8 Å². The molecule has 4 aliphatic rings. The van der Waals surface area contributed by atoms with Crippen molar-refractivity contribution in [2.75, 3.05) is 66.1 Å². The van der Waals surface area contributed by atoms with Crippen molar-refractivity contribution in [2.24, 2.45) is 0 Å². The van der Waals surface area contributed by atoms with Crippen LogP contribution in [0, 0.1) is 0 Å². The molecule has 4 fully saturated rings. The molecule has 4 aliphatic heterocycles. The molecule has 0 amide bonds. The summed E-state index contributed by atoms with van der Waals surface area (Å²) in [5, 5.41) is 0. The Morgan fingerprint density at radius 3 is 1.04 bits per heavy atom. The molecule has 0 radical (unpaired) electrons. The predicted molar refractivity (Wildman–Crippen MR) is 185 cm³/mol. The van der Waals surface area contributed by atoms with Gasteiger partial charge in [0.05, 0.1) is 66.4 Å². The third-order valence-electron chi connectivity index (χ3n) is 7.26. The van der Waals surface area contributed by atoms with Crippen molar-refractivity contribution < 1.29 is 79.0 Å². The lowest BCUT2D eigenvalue weighted by Gasteiger charge is -2.09. The molecule has 4 saturated heterocycles. The minimum Gasteiger partial charge on any atom is -0.462 e. The van der Waals surface area contributed by atoms with Crippen LogP contribution < -0.4 is 0 Å². The smallest absolute Gasteiger partial charge is 0.338 e. The predicted octanol–water partition coefficient (Wildman–Crippen LogP) is 3.63. The van der Waals surface area contributed by atoms with Crippen molar-refractivity contribution in [3.8, 4) is 0 Å². The summed E-state index contributed by atoms with van der Waals surface area (Å²) in [5.74, 6) is -3.94. The number of hydrogen-bond donors (Lipinski definition) is 0. The topological polar surface area (TPSA) is 208 Å². The summed E-state index contributed by atoms with van der Waals surface area (Å²) in [4.78, 5) is 73.1. The Labute approximate surface area is 308 Å². The number of carbonyl (C=O) groups is 6. The number of carbonyl (C=O) groups excluding carboxylic acids is 6. The number of ether oxygens (including phenoxy) is 10. The third kappa shape index (κ3) is 13.7. The van der Waals surface area contributed by atoms with E-state index in [-0.39, 0.29) is 108 Å². The van der Waals surface area contributed by atoms with E-state index >= 15 is 0 Å². The maximum Gasteiger partial charge on any atom is 0.338 e. The summed E-state index contributed by atoms with van der Waals surface area (Å²) in [6.07, 6.45) is 1.71. The Bertz CT molecular complexity index is 1570. The molecule has 0 N–H and O–H groups in total. The van der Waals surface area contributed by atoms with Crippen molar-refractivity contribution in [2.45, 2.75) is 45.2 Å². The first-order valence-corrected chi connectivity index (χ1v) is 16.5. The molecule has 16 nitrogen and oxygen atoms in total. The van der Waals surface area contributed by atoms with Gasteiger partial charge in [0.25, 0.3) is 0 Å². The summed E-state index contributed by atoms with van der Waals surface area (Å²) in [5.41, 5.74) is 0.378. The average Bonchev–Trinajstić information content (AvgIpc) is 3.94. The number of hydrogen-bond acceptors (Lipinski definition) is 16. The van der Waals surface area contributed by atoms with Gasteiger partial charge in [-0.25, -0.2) is 28.8 Å². The highest BCUT2D eigenvalue weighted by Crippen LogP contribution is 2.19. The molecular formula is C37H46O16. The van der Waals surface area contributed by atoms with E-state index < -0.39 is 35.8 Å². The minimum absolute atomic E-state index is 0. The third-order valence-corrected chi connectivity index (χ3v) is 7.26. The van der Waals surface area contributed by atoms with Crippen LogP contribution in [0.2, 0.25) is 0 Å².